The van der Waals surface area contributed by atoms with Gasteiger partial charge in [0.1, 0.15) is 0 Å². The van der Waals surface area contributed by atoms with E-state index >= 15 is 0 Å². The van der Waals surface area contributed by atoms with Gasteiger partial charge in [0.05, 0.1) is 13.2 Å². The monoisotopic (exact) mass is 451 g/mol. The van der Waals surface area contributed by atoms with Crippen LogP contribution >= 0.6 is 7.92 Å². The van der Waals surface area contributed by atoms with E-state index in [9.17, 15) is 0 Å². The van der Waals surface area contributed by atoms with Crippen LogP contribution in [0.1, 0.15) is 84.5 Å². The predicted molar refractivity (Wildman–Crippen MR) is 135 cm³/mol. The molecular formula is C29H42NOP. The maximum absolute atomic E-state index is 5.76. The van der Waals surface area contributed by atoms with Crippen LogP contribution in [0.5, 0.6) is 0 Å². The first-order valence-corrected chi connectivity index (χ1v) is 15.1. The van der Waals surface area contributed by atoms with Gasteiger partial charge in [-0.1, -0.05) is 52.8 Å². The molecule has 6 fully saturated rings. The van der Waals surface area contributed by atoms with Crippen LogP contribution in [0.3, 0.4) is 0 Å². The number of para-hydroxylation sites is 1. The summed E-state index contributed by atoms with van der Waals surface area (Å²) in [5, 5.41) is 3.03. The van der Waals surface area contributed by atoms with Crippen LogP contribution in [-0.4, -0.2) is 36.6 Å². The van der Waals surface area contributed by atoms with Gasteiger partial charge < -0.3 is 9.64 Å². The van der Waals surface area contributed by atoms with Crippen molar-refractivity contribution in [2.45, 2.75) is 94.8 Å². The van der Waals surface area contributed by atoms with Gasteiger partial charge in [-0.2, -0.15) is 0 Å². The Bertz CT molecular complexity index is 908. The average molecular weight is 452 g/mol. The lowest BCUT2D eigenvalue weighted by atomic mass is 9.82. The second-order valence-electron chi connectivity index (χ2n) is 12.7. The SMILES string of the molecule is CCC12CC1CC(CC)(P(c1ccccc1N1CCOCC1)C13CCCC4(CC4C1)C3)C2. The van der Waals surface area contributed by atoms with E-state index in [0.717, 1.165) is 49.0 Å². The molecule has 5 aliphatic carbocycles. The number of fused-ring (bicyclic) bond motifs is 2. The molecule has 6 aliphatic rings. The molecule has 5 saturated carbocycles. The van der Waals surface area contributed by atoms with E-state index in [1.54, 1.807) is 55.9 Å². The molecule has 1 aromatic carbocycles. The maximum Gasteiger partial charge on any atom is 0.0642 e. The van der Waals surface area contributed by atoms with Crippen molar-refractivity contribution < 1.29 is 4.74 Å². The summed E-state index contributed by atoms with van der Waals surface area (Å²) in [7, 11) is -0.165. The van der Waals surface area contributed by atoms with Crippen molar-refractivity contribution in [2.24, 2.45) is 22.7 Å². The van der Waals surface area contributed by atoms with Gasteiger partial charge in [0, 0.05) is 24.1 Å². The molecule has 0 radical (unpaired) electrons. The van der Waals surface area contributed by atoms with Crippen molar-refractivity contribution in [2.75, 3.05) is 31.2 Å². The van der Waals surface area contributed by atoms with Gasteiger partial charge in [-0.15, -0.1) is 0 Å². The average Bonchev–Trinajstić information content (AvgIpc) is 3.63. The molecule has 7 rings (SSSR count). The Balaban J connectivity index is 1.36. The molecular weight excluding hydrogens is 409 g/mol. The molecule has 1 heterocycles. The Hall–Kier alpha value is -0.590. The molecule has 1 spiro atoms. The van der Waals surface area contributed by atoms with Gasteiger partial charge in [0.25, 0.3) is 0 Å². The standard InChI is InChI=1S/C29H42NOP/c1-3-26-16-22(26)18-28(4-2,20-26)32(29-11-7-10-27(21-29)17-23(27)19-29)25-9-6-5-8-24(25)30-12-14-31-15-13-30/h5-6,8-9,22-23H,3-4,7,10-21H2,1-2H3. The van der Waals surface area contributed by atoms with Crippen LogP contribution in [-0.2, 0) is 4.74 Å². The zero-order valence-corrected chi connectivity index (χ0v) is 21.3. The first-order valence-electron chi connectivity index (χ1n) is 13.8. The van der Waals surface area contributed by atoms with Gasteiger partial charge in [-0.3, -0.25) is 0 Å². The van der Waals surface area contributed by atoms with E-state index in [4.69, 9.17) is 4.74 Å². The fraction of sp³-hybridized carbons (Fsp3) is 0.793. The molecule has 1 aromatic rings. The van der Waals surface area contributed by atoms with Crippen molar-refractivity contribution in [1.29, 1.82) is 0 Å². The second kappa shape index (κ2) is 6.97. The first-order chi connectivity index (χ1) is 15.6. The van der Waals surface area contributed by atoms with Crippen LogP contribution in [0.15, 0.2) is 24.3 Å². The zero-order valence-electron chi connectivity index (χ0n) is 20.4. The van der Waals surface area contributed by atoms with Crippen LogP contribution in [0.2, 0.25) is 0 Å². The third-order valence-electron chi connectivity index (χ3n) is 11.4. The smallest absolute Gasteiger partial charge is 0.0642 e. The second-order valence-corrected chi connectivity index (χ2v) is 15.8. The highest BCUT2D eigenvalue weighted by molar-refractivity contribution is 7.69. The number of ether oxygens (including phenoxy) is 1. The van der Waals surface area contributed by atoms with E-state index in [0.29, 0.717) is 10.3 Å². The maximum atomic E-state index is 5.76. The number of rotatable bonds is 6. The minimum atomic E-state index is -0.165. The van der Waals surface area contributed by atoms with Gasteiger partial charge >= 0.3 is 0 Å². The predicted octanol–water partition coefficient (Wildman–Crippen LogP) is 6.71. The Morgan fingerprint density at radius 1 is 0.938 bits per heavy atom. The highest BCUT2D eigenvalue weighted by atomic mass is 31.1. The minimum Gasteiger partial charge on any atom is -0.378 e. The van der Waals surface area contributed by atoms with Gasteiger partial charge in [-0.05, 0) is 96.8 Å². The van der Waals surface area contributed by atoms with Crippen molar-refractivity contribution in [3.8, 4) is 0 Å². The lowest BCUT2D eigenvalue weighted by molar-refractivity contribution is 0.123. The highest BCUT2D eigenvalue weighted by Gasteiger charge is 2.73. The molecule has 7 unspecified atom stereocenters. The molecule has 2 bridgehead atoms. The quantitative estimate of drug-likeness (QED) is 0.446. The fourth-order valence-corrected chi connectivity index (χ4v) is 14.9. The molecule has 1 saturated heterocycles. The van der Waals surface area contributed by atoms with E-state index in [2.05, 4.69) is 43.0 Å². The number of morpholine rings is 1. The van der Waals surface area contributed by atoms with E-state index in [1.165, 1.54) is 25.7 Å². The number of benzene rings is 1. The molecule has 0 amide bonds. The Kier molecular flexibility index (Phi) is 4.52. The molecule has 174 valence electrons. The summed E-state index contributed by atoms with van der Waals surface area (Å²) in [5.74, 6) is 2.12. The molecule has 7 atom stereocenters. The molecule has 0 aromatic heterocycles. The number of anilines is 1. The van der Waals surface area contributed by atoms with Crippen LogP contribution in [0, 0.1) is 22.7 Å². The van der Waals surface area contributed by atoms with Gasteiger partial charge in [0.15, 0.2) is 0 Å². The topological polar surface area (TPSA) is 12.5 Å². The summed E-state index contributed by atoms with van der Waals surface area (Å²) in [4.78, 5) is 2.69. The Morgan fingerprint density at radius 2 is 1.78 bits per heavy atom. The van der Waals surface area contributed by atoms with Crippen molar-refractivity contribution in [3.63, 3.8) is 0 Å². The zero-order chi connectivity index (χ0) is 21.6. The van der Waals surface area contributed by atoms with Crippen molar-refractivity contribution >= 4 is 18.9 Å². The summed E-state index contributed by atoms with van der Waals surface area (Å²) < 4.78 is 5.76. The summed E-state index contributed by atoms with van der Waals surface area (Å²) in [6.45, 7) is 8.99. The molecule has 3 heteroatoms. The molecule has 32 heavy (non-hydrogen) atoms. The van der Waals surface area contributed by atoms with Crippen molar-refractivity contribution in [1.82, 2.24) is 0 Å². The first kappa shape index (κ1) is 20.8. The van der Waals surface area contributed by atoms with Gasteiger partial charge in [0.2, 0.25) is 0 Å². The largest absolute Gasteiger partial charge is 0.378 e. The third kappa shape index (κ3) is 2.78. The minimum absolute atomic E-state index is 0.165. The lowest BCUT2D eigenvalue weighted by Gasteiger charge is -2.53. The van der Waals surface area contributed by atoms with Crippen LogP contribution < -0.4 is 10.2 Å². The summed E-state index contributed by atoms with van der Waals surface area (Å²) >= 11 is 0. The fourth-order valence-electron chi connectivity index (χ4n) is 9.78. The number of hydrogen-bond donors (Lipinski definition) is 0. The normalized spacial score (nSPS) is 47.1. The van der Waals surface area contributed by atoms with E-state index in [-0.39, 0.29) is 7.92 Å². The van der Waals surface area contributed by atoms with Gasteiger partial charge in [-0.25, -0.2) is 0 Å². The lowest BCUT2D eigenvalue weighted by Crippen LogP contribution is -2.45. The summed E-state index contributed by atoms with van der Waals surface area (Å²) in [6.07, 6.45) is 16.8. The summed E-state index contributed by atoms with van der Waals surface area (Å²) in [5.41, 5.74) is 3.09. The summed E-state index contributed by atoms with van der Waals surface area (Å²) in [6, 6.07) is 9.78. The highest BCUT2D eigenvalue weighted by Crippen LogP contribution is 2.86. The van der Waals surface area contributed by atoms with E-state index in [1.807, 2.05) is 0 Å². The third-order valence-corrected chi connectivity index (χ3v) is 15.4. The van der Waals surface area contributed by atoms with Crippen LogP contribution in [0.4, 0.5) is 5.69 Å². The number of hydrogen-bond acceptors (Lipinski definition) is 2. The van der Waals surface area contributed by atoms with E-state index < -0.39 is 0 Å². The number of nitrogens with zero attached hydrogens (tertiary/aromatic N) is 1. The Labute approximate surface area is 196 Å². The Morgan fingerprint density at radius 3 is 2.56 bits per heavy atom. The molecule has 0 N–H and O–H groups in total. The van der Waals surface area contributed by atoms with Crippen LogP contribution in [0.25, 0.3) is 0 Å². The van der Waals surface area contributed by atoms with Crippen molar-refractivity contribution in [3.05, 3.63) is 24.3 Å². The molecule has 1 aliphatic heterocycles. The molecule has 2 nitrogen and oxygen atoms in total.